The maximum absolute atomic E-state index is 11.3. The van der Waals surface area contributed by atoms with Gasteiger partial charge >= 0.3 is 5.97 Å². The topological polar surface area (TPSA) is 282 Å². The lowest BCUT2D eigenvalue weighted by Crippen LogP contribution is -2.66. The van der Waals surface area contributed by atoms with Crippen LogP contribution in [0.15, 0.2) is 0 Å². The highest BCUT2D eigenvalue weighted by Gasteiger charge is 2.53. The van der Waals surface area contributed by atoms with Crippen LogP contribution in [-0.2, 0) is 47.4 Å². The maximum atomic E-state index is 11.3. The van der Waals surface area contributed by atoms with Crippen molar-refractivity contribution in [1.82, 2.24) is 0 Å². The SMILES string of the molecule is CCCCCC(CCCCCCCCCC(=O)OC)OC1OC(C)C(OC2OC(C)C(OC3OC(C)C(OC4OC(C)C(O)C(O)C4O)C(O)C3O)C(O)C2O)C(O)C1O. The molecule has 19 nitrogen and oxygen atoms in total. The molecule has 0 aromatic rings. The molecule has 4 rings (SSSR count). The lowest BCUT2D eigenvalue weighted by molar-refractivity contribution is -0.382. The molecule has 0 bridgehead atoms. The molecule has 4 fully saturated rings. The maximum Gasteiger partial charge on any atom is 0.305 e. The van der Waals surface area contributed by atoms with Crippen molar-refractivity contribution in [2.24, 2.45) is 0 Å². The van der Waals surface area contributed by atoms with Crippen LogP contribution in [0.1, 0.15) is 118 Å². The fourth-order valence-corrected chi connectivity index (χ4v) is 8.23. The van der Waals surface area contributed by atoms with Gasteiger partial charge in [0.1, 0.15) is 73.2 Å². The first-order valence-corrected chi connectivity index (χ1v) is 21.9. The second-order valence-electron chi connectivity index (χ2n) is 16.9. The lowest BCUT2D eigenvalue weighted by Gasteiger charge is -2.48. The van der Waals surface area contributed by atoms with Crippen LogP contribution in [-0.4, -0.2) is 188 Å². The van der Waals surface area contributed by atoms with Crippen LogP contribution in [0.5, 0.6) is 0 Å². The highest BCUT2D eigenvalue weighted by molar-refractivity contribution is 5.68. The number of ether oxygens (including phenoxy) is 9. The monoisotopic (exact) mass is 870 g/mol. The van der Waals surface area contributed by atoms with Crippen LogP contribution in [0.4, 0.5) is 0 Å². The van der Waals surface area contributed by atoms with E-state index in [1.54, 1.807) is 6.92 Å². The molecule has 21 unspecified atom stereocenters. The minimum atomic E-state index is -1.76. The number of hydrogen-bond acceptors (Lipinski definition) is 19. The number of unbranched alkanes of at least 4 members (excludes halogenated alkanes) is 8. The molecule has 21 atom stereocenters. The van der Waals surface area contributed by atoms with E-state index in [2.05, 4.69) is 11.7 Å². The molecule has 352 valence electrons. The number of carbonyl (C=O) groups is 1. The Morgan fingerprint density at radius 3 is 1.28 bits per heavy atom. The van der Waals surface area contributed by atoms with Crippen LogP contribution < -0.4 is 0 Å². The molecule has 0 radical (unpaired) electrons. The summed E-state index contributed by atoms with van der Waals surface area (Å²) in [6.07, 6.45) is -15.9. The summed E-state index contributed by atoms with van der Waals surface area (Å²) in [6.45, 7) is 8.22. The summed E-state index contributed by atoms with van der Waals surface area (Å²) in [5.41, 5.74) is 0. The number of aliphatic hydroxyl groups excluding tert-OH is 9. The van der Waals surface area contributed by atoms with Crippen molar-refractivity contribution >= 4 is 5.97 Å². The zero-order chi connectivity index (χ0) is 44.3. The van der Waals surface area contributed by atoms with E-state index in [1.807, 2.05) is 0 Å². The molecule has 60 heavy (non-hydrogen) atoms. The molecular formula is C41H74O19. The predicted octanol–water partition coefficient (Wildman–Crippen LogP) is 0.0187. The zero-order valence-corrected chi connectivity index (χ0v) is 35.9. The van der Waals surface area contributed by atoms with E-state index >= 15 is 0 Å². The van der Waals surface area contributed by atoms with Gasteiger partial charge in [0.25, 0.3) is 0 Å². The van der Waals surface area contributed by atoms with E-state index in [-0.39, 0.29) is 12.1 Å². The van der Waals surface area contributed by atoms with Gasteiger partial charge < -0.3 is 88.6 Å². The molecule has 0 aromatic carbocycles. The van der Waals surface area contributed by atoms with Crippen molar-refractivity contribution in [3.63, 3.8) is 0 Å². The molecular weight excluding hydrogens is 796 g/mol. The predicted molar refractivity (Wildman–Crippen MR) is 209 cm³/mol. The number of hydrogen-bond donors (Lipinski definition) is 9. The van der Waals surface area contributed by atoms with Gasteiger partial charge in [0.2, 0.25) is 0 Å². The van der Waals surface area contributed by atoms with Crippen LogP contribution in [0, 0.1) is 0 Å². The molecule has 9 N–H and O–H groups in total. The summed E-state index contributed by atoms with van der Waals surface area (Å²) in [6, 6.07) is 0. The second-order valence-corrected chi connectivity index (χ2v) is 16.9. The summed E-state index contributed by atoms with van der Waals surface area (Å²) >= 11 is 0. The van der Waals surface area contributed by atoms with Crippen molar-refractivity contribution in [2.75, 3.05) is 7.11 Å². The second kappa shape index (κ2) is 24.7. The molecule has 0 amide bonds. The van der Waals surface area contributed by atoms with Gasteiger partial charge in [-0.1, -0.05) is 64.7 Å². The Hall–Kier alpha value is -1.21. The Morgan fingerprint density at radius 2 is 0.833 bits per heavy atom. The highest BCUT2D eigenvalue weighted by Crippen LogP contribution is 2.35. The van der Waals surface area contributed by atoms with Gasteiger partial charge in [0.05, 0.1) is 37.6 Å². The summed E-state index contributed by atoms with van der Waals surface area (Å²) < 4.78 is 51.7. The van der Waals surface area contributed by atoms with Crippen molar-refractivity contribution in [3.8, 4) is 0 Å². The fourth-order valence-electron chi connectivity index (χ4n) is 8.23. The zero-order valence-electron chi connectivity index (χ0n) is 35.9. The number of esters is 1. The van der Waals surface area contributed by atoms with E-state index in [0.29, 0.717) is 6.42 Å². The number of carbonyl (C=O) groups excluding carboxylic acids is 1. The summed E-state index contributed by atoms with van der Waals surface area (Å²) in [5.74, 6) is -0.180. The van der Waals surface area contributed by atoms with Crippen molar-refractivity contribution in [3.05, 3.63) is 0 Å². The Morgan fingerprint density at radius 1 is 0.467 bits per heavy atom. The standard InChI is InChI=1S/C41H74O19/c1-7-8-14-17-24(18-15-12-10-9-11-13-16-19-25(42)52-6)57-38-32(49)28(45)35(21(3)54-38)59-40-34(51)30(47)37(23(5)56-40)60-41-33(50)29(46)36(22(4)55-41)58-39-31(48)27(44)26(43)20(2)53-39/h20-24,26-41,43-51H,7-19H2,1-6H3. The molecule has 0 saturated carbocycles. The van der Waals surface area contributed by atoms with E-state index in [4.69, 9.17) is 37.9 Å². The molecule has 4 heterocycles. The Bertz CT molecular complexity index is 1230. The van der Waals surface area contributed by atoms with E-state index < -0.39 is 123 Å². The number of aliphatic hydroxyl groups is 9. The quantitative estimate of drug-likeness (QED) is 0.0512. The van der Waals surface area contributed by atoms with Crippen molar-refractivity contribution in [1.29, 1.82) is 0 Å². The smallest absolute Gasteiger partial charge is 0.305 e. The van der Waals surface area contributed by atoms with E-state index in [0.717, 1.165) is 77.0 Å². The van der Waals surface area contributed by atoms with Crippen molar-refractivity contribution < 1.29 is 93.4 Å². The highest BCUT2D eigenvalue weighted by atomic mass is 16.8. The van der Waals surface area contributed by atoms with Crippen molar-refractivity contribution in [2.45, 2.75) is 247 Å². The first-order valence-electron chi connectivity index (χ1n) is 21.9. The van der Waals surface area contributed by atoms with E-state index in [1.165, 1.54) is 27.9 Å². The third-order valence-electron chi connectivity index (χ3n) is 12.1. The Balaban J connectivity index is 1.26. The average molecular weight is 871 g/mol. The summed E-state index contributed by atoms with van der Waals surface area (Å²) in [5, 5.41) is 97.2. The average Bonchev–Trinajstić information content (AvgIpc) is 3.22. The summed E-state index contributed by atoms with van der Waals surface area (Å²) in [4.78, 5) is 11.3. The molecule has 4 saturated heterocycles. The normalized spacial score (nSPS) is 43.1. The molecule has 4 aliphatic heterocycles. The summed E-state index contributed by atoms with van der Waals surface area (Å²) in [7, 11) is 1.40. The Kier molecular flexibility index (Phi) is 21.2. The van der Waals surface area contributed by atoms with E-state index in [9.17, 15) is 50.8 Å². The molecule has 0 aromatic heterocycles. The largest absolute Gasteiger partial charge is 0.469 e. The molecule has 4 aliphatic rings. The van der Waals surface area contributed by atoms with Crippen LogP contribution in [0.25, 0.3) is 0 Å². The van der Waals surface area contributed by atoms with Gasteiger partial charge in [0, 0.05) is 6.42 Å². The molecule has 0 aliphatic carbocycles. The minimum absolute atomic E-state index is 0.180. The number of rotatable bonds is 22. The minimum Gasteiger partial charge on any atom is -0.469 e. The molecule has 0 spiro atoms. The Labute approximate surface area is 353 Å². The third kappa shape index (κ3) is 13.7. The van der Waals surface area contributed by atoms with Gasteiger partial charge in [-0.05, 0) is 47.0 Å². The third-order valence-corrected chi connectivity index (χ3v) is 12.1. The van der Waals surface area contributed by atoms with Crippen LogP contribution >= 0.6 is 0 Å². The first-order chi connectivity index (χ1) is 28.5. The van der Waals surface area contributed by atoms with Gasteiger partial charge in [-0.25, -0.2) is 0 Å². The fraction of sp³-hybridized carbons (Fsp3) is 0.976. The first kappa shape index (κ1) is 51.4. The molecule has 19 heteroatoms. The lowest BCUT2D eigenvalue weighted by atomic mass is 9.96. The number of methoxy groups -OCH3 is 1. The van der Waals surface area contributed by atoms with Crippen LogP contribution in [0.2, 0.25) is 0 Å². The van der Waals surface area contributed by atoms with Gasteiger partial charge in [-0.2, -0.15) is 0 Å². The van der Waals surface area contributed by atoms with Gasteiger partial charge in [-0.15, -0.1) is 0 Å². The van der Waals surface area contributed by atoms with Crippen LogP contribution in [0.3, 0.4) is 0 Å². The van der Waals surface area contributed by atoms with Gasteiger partial charge in [0.15, 0.2) is 25.2 Å². The van der Waals surface area contributed by atoms with Gasteiger partial charge in [-0.3, -0.25) is 4.79 Å².